The molecule has 220 valence electrons. The van der Waals surface area contributed by atoms with Gasteiger partial charge < -0.3 is 28.7 Å². The summed E-state index contributed by atoms with van der Waals surface area (Å²) in [5.41, 5.74) is 2.90. The molecule has 0 aliphatic heterocycles. The number of hydrogen-bond donors (Lipinski definition) is 1. The van der Waals surface area contributed by atoms with Gasteiger partial charge in [-0.15, -0.1) is 0 Å². The summed E-state index contributed by atoms with van der Waals surface area (Å²) >= 11 is 0. The van der Waals surface area contributed by atoms with Crippen molar-refractivity contribution in [2.24, 2.45) is 0 Å². The van der Waals surface area contributed by atoms with Crippen LogP contribution in [0.1, 0.15) is 61.0 Å². The molecule has 0 bridgehead atoms. The summed E-state index contributed by atoms with van der Waals surface area (Å²) in [5.74, 6) is 0.00434. The van der Waals surface area contributed by atoms with Gasteiger partial charge in [0.15, 0.2) is 0 Å². The number of H-pyrrole nitrogens is 1. The third kappa shape index (κ3) is 6.91. The first-order valence-corrected chi connectivity index (χ1v) is 14.0. The fourth-order valence-corrected chi connectivity index (χ4v) is 4.61. The second kappa shape index (κ2) is 13.7. The second-order valence-corrected chi connectivity index (χ2v) is 9.58. The van der Waals surface area contributed by atoms with Gasteiger partial charge in [-0.2, -0.15) is 0 Å². The number of carbonyl (C=O) groups excluding carboxylic acids is 3. The zero-order valence-electron chi connectivity index (χ0n) is 24.4. The molecule has 42 heavy (non-hydrogen) atoms. The lowest BCUT2D eigenvalue weighted by Crippen LogP contribution is -2.13. The molecule has 0 saturated carbocycles. The van der Waals surface area contributed by atoms with Crippen molar-refractivity contribution < 1.29 is 38.1 Å². The molecule has 1 aromatic heterocycles. The van der Waals surface area contributed by atoms with Crippen LogP contribution >= 0.6 is 0 Å². The Balaban J connectivity index is 1.93. The highest BCUT2D eigenvalue weighted by molar-refractivity contribution is 6.13. The lowest BCUT2D eigenvalue weighted by molar-refractivity contribution is -0.142. The summed E-state index contributed by atoms with van der Waals surface area (Å²) in [6.07, 6.45) is -0.148. The van der Waals surface area contributed by atoms with Crippen LogP contribution in [0.25, 0.3) is 22.0 Å². The van der Waals surface area contributed by atoms with Gasteiger partial charge in [0, 0.05) is 22.2 Å². The van der Waals surface area contributed by atoms with Crippen LogP contribution in [0.2, 0.25) is 0 Å². The Morgan fingerprint density at radius 2 is 1.48 bits per heavy atom. The Bertz CT molecular complexity index is 1570. The molecule has 9 heteroatoms. The third-order valence-corrected chi connectivity index (χ3v) is 6.20. The molecule has 1 N–H and O–H groups in total. The zero-order chi connectivity index (χ0) is 30.2. The number of aromatic amines is 1. The Labute approximate surface area is 244 Å². The standard InChI is InChI=1S/C33H35NO8/c1-6-38-28(35)19-26-31(33(37)40-8-3)30-25(34-26)16-17-27(29(30)21-12-14-23(15-13-21)41-20(4)5)42-24-11-9-10-22(18-24)32(36)39-7-2/h9-18,20,34H,6-8,19H2,1-5H3. The summed E-state index contributed by atoms with van der Waals surface area (Å²) in [4.78, 5) is 41.4. The van der Waals surface area contributed by atoms with Crippen LogP contribution in [-0.4, -0.2) is 48.8 Å². The van der Waals surface area contributed by atoms with Crippen LogP contribution < -0.4 is 9.47 Å². The minimum Gasteiger partial charge on any atom is -0.491 e. The second-order valence-electron chi connectivity index (χ2n) is 9.58. The van der Waals surface area contributed by atoms with Gasteiger partial charge >= 0.3 is 17.9 Å². The van der Waals surface area contributed by atoms with Gasteiger partial charge in [-0.05, 0) is 82.6 Å². The van der Waals surface area contributed by atoms with Crippen LogP contribution in [0, 0.1) is 0 Å². The van der Waals surface area contributed by atoms with Crippen molar-refractivity contribution in [1.82, 2.24) is 4.98 Å². The molecule has 0 aliphatic carbocycles. The third-order valence-electron chi connectivity index (χ3n) is 6.20. The number of nitrogens with one attached hydrogen (secondary N) is 1. The minimum atomic E-state index is -0.578. The number of ether oxygens (including phenoxy) is 5. The van der Waals surface area contributed by atoms with Crippen molar-refractivity contribution in [2.45, 2.75) is 47.1 Å². The zero-order valence-corrected chi connectivity index (χ0v) is 24.4. The SMILES string of the molecule is CCOC(=O)Cc1[nH]c2ccc(Oc3cccc(C(=O)OCC)c3)c(-c3ccc(OC(C)C)cc3)c2c1C(=O)OCC. The maximum absolute atomic E-state index is 13.4. The molecule has 4 aromatic rings. The van der Waals surface area contributed by atoms with Crippen LogP contribution in [0.3, 0.4) is 0 Å². The van der Waals surface area contributed by atoms with E-state index in [1.807, 2.05) is 38.1 Å². The Kier molecular flexibility index (Phi) is 9.85. The van der Waals surface area contributed by atoms with Gasteiger partial charge in [-0.25, -0.2) is 9.59 Å². The Hall–Kier alpha value is -4.79. The molecule has 1 heterocycles. The predicted molar refractivity (Wildman–Crippen MR) is 158 cm³/mol. The highest BCUT2D eigenvalue weighted by atomic mass is 16.5. The molecule has 0 atom stereocenters. The van der Waals surface area contributed by atoms with Crippen molar-refractivity contribution in [2.75, 3.05) is 19.8 Å². The maximum atomic E-state index is 13.4. The van der Waals surface area contributed by atoms with Crippen LogP contribution in [-0.2, 0) is 25.4 Å². The molecule has 0 spiro atoms. The molecule has 0 amide bonds. The molecular formula is C33H35NO8. The van der Waals surface area contributed by atoms with Crippen LogP contribution in [0.4, 0.5) is 0 Å². The highest BCUT2D eigenvalue weighted by Crippen LogP contribution is 2.42. The quantitative estimate of drug-likeness (QED) is 0.144. The van der Waals surface area contributed by atoms with Gasteiger partial charge in [0.05, 0.1) is 43.5 Å². The molecule has 0 unspecified atom stereocenters. The van der Waals surface area contributed by atoms with Crippen molar-refractivity contribution in [3.8, 4) is 28.4 Å². The minimum absolute atomic E-state index is 0.00428. The first kappa shape index (κ1) is 30.2. The van der Waals surface area contributed by atoms with E-state index in [-0.39, 0.29) is 37.9 Å². The van der Waals surface area contributed by atoms with E-state index in [0.29, 0.717) is 45.0 Å². The van der Waals surface area contributed by atoms with Gasteiger partial charge in [0.25, 0.3) is 0 Å². The summed E-state index contributed by atoms with van der Waals surface area (Å²) in [6.45, 7) is 9.69. The first-order valence-electron chi connectivity index (χ1n) is 14.0. The summed E-state index contributed by atoms with van der Waals surface area (Å²) < 4.78 is 27.9. The van der Waals surface area contributed by atoms with Gasteiger partial charge in [0.2, 0.25) is 0 Å². The lowest BCUT2D eigenvalue weighted by Gasteiger charge is -2.16. The van der Waals surface area contributed by atoms with Crippen molar-refractivity contribution >= 4 is 28.8 Å². The van der Waals surface area contributed by atoms with E-state index in [2.05, 4.69) is 4.98 Å². The van der Waals surface area contributed by atoms with Crippen LogP contribution in [0.15, 0.2) is 60.7 Å². The van der Waals surface area contributed by atoms with Crippen LogP contribution in [0.5, 0.6) is 17.2 Å². The summed E-state index contributed by atoms with van der Waals surface area (Å²) in [6, 6.07) is 17.7. The monoisotopic (exact) mass is 573 g/mol. The van der Waals surface area contributed by atoms with Crippen molar-refractivity contribution in [3.05, 3.63) is 77.5 Å². The van der Waals surface area contributed by atoms with E-state index >= 15 is 0 Å². The average molecular weight is 574 g/mol. The van der Waals surface area contributed by atoms with E-state index in [9.17, 15) is 14.4 Å². The molecule has 0 fully saturated rings. The Morgan fingerprint density at radius 1 is 0.786 bits per heavy atom. The first-order chi connectivity index (χ1) is 20.2. The lowest BCUT2D eigenvalue weighted by atomic mass is 9.96. The summed E-state index contributed by atoms with van der Waals surface area (Å²) in [5, 5.41) is 0.532. The molecular weight excluding hydrogens is 538 g/mol. The van der Waals surface area contributed by atoms with Gasteiger partial charge in [-0.1, -0.05) is 18.2 Å². The maximum Gasteiger partial charge on any atom is 0.340 e. The molecule has 0 aliphatic rings. The smallest absolute Gasteiger partial charge is 0.340 e. The molecule has 3 aromatic carbocycles. The highest BCUT2D eigenvalue weighted by Gasteiger charge is 2.27. The fraction of sp³-hybridized carbons (Fsp3) is 0.303. The van der Waals surface area contributed by atoms with E-state index in [1.54, 1.807) is 57.2 Å². The van der Waals surface area contributed by atoms with E-state index in [4.69, 9.17) is 23.7 Å². The molecule has 0 radical (unpaired) electrons. The van der Waals surface area contributed by atoms with Gasteiger partial charge in [-0.3, -0.25) is 4.79 Å². The van der Waals surface area contributed by atoms with E-state index in [0.717, 1.165) is 5.56 Å². The molecule has 4 rings (SSSR count). The number of benzene rings is 3. The summed E-state index contributed by atoms with van der Waals surface area (Å²) in [7, 11) is 0. The van der Waals surface area contributed by atoms with E-state index < -0.39 is 17.9 Å². The molecule has 9 nitrogen and oxygen atoms in total. The number of rotatable bonds is 12. The predicted octanol–water partition coefficient (Wildman–Crippen LogP) is 6.87. The Morgan fingerprint density at radius 3 is 2.14 bits per heavy atom. The largest absolute Gasteiger partial charge is 0.491 e. The average Bonchev–Trinajstić information content (AvgIpc) is 3.31. The number of carbonyl (C=O) groups is 3. The normalized spacial score (nSPS) is 10.9. The number of aromatic nitrogens is 1. The van der Waals surface area contributed by atoms with E-state index in [1.165, 1.54) is 0 Å². The fourth-order valence-electron chi connectivity index (χ4n) is 4.61. The number of esters is 3. The number of hydrogen-bond acceptors (Lipinski definition) is 8. The topological polar surface area (TPSA) is 113 Å². The number of fused-ring (bicyclic) bond motifs is 1. The van der Waals surface area contributed by atoms with Crippen molar-refractivity contribution in [1.29, 1.82) is 0 Å². The van der Waals surface area contributed by atoms with Gasteiger partial charge in [0.1, 0.15) is 17.2 Å². The molecule has 0 saturated heterocycles. The van der Waals surface area contributed by atoms with Crippen molar-refractivity contribution in [3.63, 3.8) is 0 Å².